The largest absolute Gasteiger partial charge is 0.295 e. The Hall–Kier alpha value is -1.15. The molecule has 0 aliphatic carbocycles. The molecule has 17 heavy (non-hydrogen) atoms. The minimum atomic E-state index is -0.431. The molecular weight excluding hydrogens is 356 g/mol. The van der Waals surface area contributed by atoms with E-state index in [-0.39, 0.29) is 11.6 Å². The van der Waals surface area contributed by atoms with E-state index < -0.39 is 4.92 Å². The molecule has 0 aliphatic rings. The molecule has 0 aliphatic heterocycles. The second-order valence-corrected chi connectivity index (χ2v) is 4.83. The molecule has 0 saturated carbocycles. The van der Waals surface area contributed by atoms with E-state index in [9.17, 15) is 10.1 Å². The summed E-state index contributed by atoms with van der Waals surface area (Å²) in [6, 6.07) is 4.87. The van der Waals surface area contributed by atoms with Crippen molar-refractivity contribution in [3.63, 3.8) is 0 Å². The number of alkyl halides is 1. The van der Waals surface area contributed by atoms with Crippen LogP contribution in [0.4, 0.5) is 5.69 Å². The van der Waals surface area contributed by atoms with E-state index in [4.69, 9.17) is 11.6 Å². The maximum atomic E-state index is 11.0. The molecule has 88 valence electrons. The molecule has 0 atom stereocenters. The Bertz CT molecular complexity index is 570. The third kappa shape index (κ3) is 2.58. The highest BCUT2D eigenvalue weighted by atomic mass is 127. The van der Waals surface area contributed by atoms with Crippen LogP contribution in [0.15, 0.2) is 30.6 Å². The van der Waals surface area contributed by atoms with E-state index in [1.54, 1.807) is 24.5 Å². The molecule has 0 unspecified atom stereocenters. The summed E-state index contributed by atoms with van der Waals surface area (Å²) in [5.74, 6) is 0.248. The summed E-state index contributed by atoms with van der Waals surface area (Å²) < 4.78 is 2.40. The third-order valence-electron chi connectivity index (χ3n) is 2.19. The van der Waals surface area contributed by atoms with Crippen LogP contribution in [0.5, 0.6) is 0 Å². The molecule has 5 nitrogen and oxygen atoms in total. The van der Waals surface area contributed by atoms with Gasteiger partial charge in [-0.1, -0.05) is 6.07 Å². The molecule has 1 aromatic heterocycles. The first-order chi connectivity index (χ1) is 8.11. The Morgan fingerprint density at radius 2 is 2.29 bits per heavy atom. The summed E-state index contributed by atoms with van der Waals surface area (Å²) in [5.41, 5.74) is 1.15. The van der Waals surface area contributed by atoms with Crippen LogP contribution >= 0.6 is 34.2 Å². The monoisotopic (exact) mass is 363 g/mol. The fraction of sp³-hybridized carbons (Fsp3) is 0.100. The van der Waals surface area contributed by atoms with Crippen molar-refractivity contribution in [2.75, 3.05) is 0 Å². The van der Waals surface area contributed by atoms with Crippen LogP contribution < -0.4 is 0 Å². The third-order valence-corrected chi connectivity index (χ3v) is 3.05. The van der Waals surface area contributed by atoms with Crippen molar-refractivity contribution in [3.05, 3.63) is 49.8 Å². The Morgan fingerprint density at radius 3 is 2.82 bits per heavy atom. The summed E-state index contributed by atoms with van der Waals surface area (Å²) in [5, 5.41) is 15.0. The lowest BCUT2D eigenvalue weighted by molar-refractivity contribution is -0.384. The van der Waals surface area contributed by atoms with Gasteiger partial charge in [0.05, 0.1) is 14.7 Å². The predicted octanol–water partition coefficient (Wildman–Crippen LogP) is 3.12. The Kier molecular flexibility index (Phi) is 3.63. The van der Waals surface area contributed by atoms with Crippen LogP contribution in [0.3, 0.4) is 0 Å². The van der Waals surface area contributed by atoms with Gasteiger partial charge in [-0.05, 0) is 34.2 Å². The molecule has 2 aromatic rings. The van der Waals surface area contributed by atoms with E-state index in [2.05, 4.69) is 27.7 Å². The van der Waals surface area contributed by atoms with Gasteiger partial charge in [0.2, 0.25) is 0 Å². The molecule has 0 bridgehead atoms. The van der Waals surface area contributed by atoms with E-state index in [1.165, 1.54) is 10.7 Å². The smallest absolute Gasteiger partial charge is 0.258 e. The lowest BCUT2D eigenvalue weighted by Gasteiger charge is -2.04. The fourth-order valence-corrected chi connectivity index (χ4v) is 1.98. The molecule has 1 heterocycles. The highest BCUT2D eigenvalue weighted by Gasteiger charge is 2.16. The summed E-state index contributed by atoms with van der Waals surface area (Å²) in [6.07, 6.45) is 3.36. The molecule has 7 heteroatoms. The van der Waals surface area contributed by atoms with Gasteiger partial charge in [-0.15, -0.1) is 11.6 Å². The average molecular weight is 364 g/mol. The maximum Gasteiger partial charge on any atom is 0.295 e. The first-order valence-corrected chi connectivity index (χ1v) is 6.27. The summed E-state index contributed by atoms with van der Waals surface area (Å²) >= 11 is 7.76. The summed E-state index contributed by atoms with van der Waals surface area (Å²) in [6.45, 7) is 0. The molecule has 2 rings (SSSR count). The molecule has 1 aromatic carbocycles. The van der Waals surface area contributed by atoms with Gasteiger partial charge in [0.25, 0.3) is 5.69 Å². The lowest BCUT2D eigenvalue weighted by atomic mass is 10.2. The molecule has 0 radical (unpaired) electrons. The van der Waals surface area contributed by atoms with Gasteiger partial charge in [0, 0.05) is 18.1 Å². The van der Waals surface area contributed by atoms with Gasteiger partial charge in [-0.2, -0.15) is 5.10 Å². The van der Waals surface area contributed by atoms with Crippen LogP contribution in [0.25, 0.3) is 5.69 Å². The van der Waals surface area contributed by atoms with Crippen molar-refractivity contribution in [3.8, 4) is 5.69 Å². The van der Waals surface area contributed by atoms with Gasteiger partial charge in [-0.25, -0.2) is 4.68 Å². The quantitative estimate of drug-likeness (QED) is 0.364. The minimum Gasteiger partial charge on any atom is -0.258 e. The average Bonchev–Trinajstić information content (AvgIpc) is 2.75. The van der Waals surface area contributed by atoms with Crippen LogP contribution in [0, 0.1) is 13.7 Å². The van der Waals surface area contributed by atoms with Crippen molar-refractivity contribution in [2.45, 2.75) is 5.88 Å². The van der Waals surface area contributed by atoms with Crippen LogP contribution in [-0.4, -0.2) is 14.7 Å². The first kappa shape index (κ1) is 12.3. The van der Waals surface area contributed by atoms with E-state index in [0.29, 0.717) is 11.3 Å². The zero-order valence-electron chi connectivity index (χ0n) is 8.51. The molecule has 0 saturated heterocycles. The van der Waals surface area contributed by atoms with Crippen LogP contribution in [-0.2, 0) is 5.88 Å². The molecule has 0 fully saturated rings. The second-order valence-electron chi connectivity index (χ2n) is 3.32. The second kappa shape index (κ2) is 5.01. The van der Waals surface area contributed by atoms with Crippen molar-refractivity contribution >= 4 is 39.9 Å². The molecule has 0 spiro atoms. The predicted molar refractivity (Wildman–Crippen MR) is 72.5 cm³/mol. The Balaban J connectivity index is 2.57. The number of benzene rings is 1. The van der Waals surface area contributed by atoms with E-state index in [1.807, 2.05) is 0 Å². The van der Waals surface area contributed by atoms with Crippen molar-refractivity contribution < 1.29 is 4.92 Å². The van der Waals surface area contributed by atoms with Gasteiger partial charge in [-0.3, -0.25) is 10.1 Å². The normalized spacial score (nSPS) is 10.5. The van der Waals surface area contributed by atoms with Crippen molar-refractivity contribution in [2.24, 2.45) is 0 Å². The standard InChI is InChI=1S/C10H7ClIN3O2/c11-4-7-1-2-9(10(3-7)15(16)17)14-6-8(12)5-13-14/h1-3,5-6H,4H2. The highest BCUT2D eigenvalue weighted by molar-refractivity contribution is 14.1. The SMILES string of the molecule is O=[N+]([O-])c1cc(CCl)ccc1-n1cc(I)cn1. The summed E-state index contributed by atoms with van der Waals surface area (Å²) in [7, 11) is 0. The number of rotatable bonds is 3. The molecular formula is C10H7ClIN3O2. The Labute approximate surface area is 116 Å². The number of halogens is 2. The number of aromatic nitrogens is 2. The molecule has 0 N–H and O–H groups in total. The lowest BCUT2D eigenvalue weighted by Crippen LogP contribution is -2.01. The number of nitrogens with zero attached hydrogens (tertiary/aromatic N) is 3. The van der Waals surface area contributed by atoms with Crippen LogP contribution in [0.1, 0.15) is 5.56 Å². The van der Waals surface area contributed by atoms with Gasteiger partial charge >= 0.3 is 0 Å². The fourth-order valence-electron chi connectivity index (χ4n) is 1.42. The first-order valence-electron chi connectivity index (χ1n) is 4.65. The van der Waals surface area contributed by atoms with E-state index >= 15 is 0 Å². The maximum absolute atomic E-state index is 11.0. The van der Waals surface area contributed by atoms with Gasteiger partial charge < -0.3 is 0 Å². The van der Waals surface area contributed by atoms with Crippen LogP contribution in [0.2, 0.25) is 0 Å². The number of hydrogen-bond donors (Lipinski definition) is 0. The zero-order chi connectivity index (χ0) is 12.4. The van der Waals surface area contributed by atoms with Gasteiger partial charge in [0.1, 0.15) is 5.69 Å². The van der Waals surface area contributed by atoms with Crippen molar-refractivity contribution in [1.29, 1.82) is 0 Å². The van der Waals surface area contributed by atoms with Crippen molar-refractivity contribution in [1.82, 2.24) is 9.78 Å². The number of nitro benzene ring substituents is 1. The topological polar surface area (TPSA) is 61.0 Å². The number of nitro groups is 1. The zero-order valence-corrected chi connectivity index (χ0v) is 11.4. The van der Waals surface area contributed by atoms with Gasteiger partial charge in [0.15, 0.2) is 0 Å². The highest BCUT2D eigenvalue weighted by Crippen LogP contribution is 2.25. The number of hydrogen-bond acceptors (Lipinski definition) is 3. The molecule has 0 amide bonds. The summed E-state index contributed by atoms with van der Waals surface area (Å²) in [4.78, 5) is 10.6. The van der Waals surface area contributed by atoms with E-state index in [0.717, 1.165) is 3.57 Å². The minimum absolute atomic E-state index is 0.00245. The Morgan fingerprint density at radius 1 is 1.53 bits per heavy atom.